The first-order valence-corrected chi connectivity index (χ1v) is 5.76. The Morgan fingerprint density at radius 2 is 2.11 bits per heavy atom. The number of amides is 2. The zero-order chi connectivity index (χ0) is 12.7. The molecule has 0 saturated carbocycles. The Kier molecular flexibility index (Phi) is 2.30. The summed E-state index contributed by atoms with van der Waals surface area (Å²) in [7, 11) is 0. The van der Waals surface area contributed by atoms with E-state index in [1.807, 2.05) is 0 Å². The zero-order valence-electron chi connectivity index (χ0n) is 9.72. The molecule has 2 heterocycles. The summed E-state index contributed by atoms with van der Waals surface area (Å²) in [5, 5.41) is 2.80. The molecule has 0 bridgehead atoms. The molecule has 0 aromatic heterocycles. The number of para-hydroxylation sites is 1. The molecule has 1 N–H and O–H groups in total. The Balaban J connectivity index is 2.11. The summed E-state index contributed by atoms with van der Waals surface area (Å²) in [6.45, 7) is 3.68. The highest BCUT2D eigenvalue weighted by Gasteiger charge is 2.37. The van der Waals surface area contributed by atoms with Crippen molar-refractivity contribution in [2.75, 3.05) is 5.32 Å². The number of fused-ring (bicyclic) bond motifs is 2. The van der Waals surface area contributed by atoms with Crippen molar-refractivity contribution in [2.24, 2.45) is 0 Å². The average molecular weight is 240 g/mol. The molecule has 90 valence electrons. The van der Waals surface area contributed by atoms with E-state index in [0.29, 0.717) is 17.7 Å². The normalized spacial score (nSPS) is 21.7. The Morgan fingerprint density at radius 1 is 1.33 bits per heavy atom. The van der Waals surface area contributed by atoms with Crippen LogP contribution in [-0.4, -0.2) is 22.8 Å². The fourth-order valence-electron chi connectivity index (χ4n) is 2.33. The van der Waals surface area contributed by atoms with Crippen molar-refractivity contribution >= 4 is 17.5 Å². The SMILES string of the molecule is C=CC1=CN2C(=O)c3ccccc3NC(=O)C2C1. The summed E-state index contributed by atoms with van der Waals surface area (Å²) in [6, 6.07) is 6.59. The van der Waals surface area contributed by atoms with E-state index >= 15 is 0 Å². The Hall–Kier alpha value is -2.36. The molecule has 1 unspecified atom stereocenters. The summed E-state index contributed by atoms with van der Waals surface area (Å²) in [5.74, 6) is -0.299. The second kappa shape index (κ2) is 3.84. The second-order valence-electron chi connectivity index (χ2n) is 4.38. The van der Waals surface area contributed by atoms with Crippen molar-refractivity contribution in [1.29, 1.82) is 0 Å². The standard InChI is InChI=1S/C14H12N2O2/c1-2-9-7-12-13(17)15-11-6-4-3-5-10(11)14(18)16(12)8-9/h2-6,8,12H,1,7H2,(H,15,17). The highest BCUT2D eigenvalue weighted by molar-refractivity contribution is 6.10. The molecule has 0 aliphatic carbocycles. The number of anilines is 1. The molecule has 18 heavy (non-hydrogen) atoms. The minimum absolute atomic E-state index is 0.147. The molecule has 2 aliphatic heterocycles. The largest absolute Gasteiger partial charge is 0.324 e. The van der Waals surface area contributed by atoms with Crippen LogP contribution in [0.25, 0.3) is 0 Å². The van der Waals surface area contributed by atoms with Crippen LogP contribution in [0.5, 0.6) is 0 Å². The van der Waals surface area contributed by atoms with Gasteiger partial charge in [0.15, 0.2) is 0 Å². The van der Waals surface area contributed by atoms with Crippen molar-refractivity contribution in [3.63, 3.8) is 0 Å². The molecule has 0 spiro atoms. The molecule has 1 aromatic carbocycles. The van der Waals surface area contributed by atoms with E-state index in [9.17, 15) is 9.59 Å². The molecule has 3 rings (SSSR count). The summed E-state index contributed by atoms with van der Waals surface area (Å²) in [6.07, 6.45) is 3.91. The van der Waals surface area contributed by atoms with Gasteiger partial charge in [-0.25, -0.2) is 0 Å². The van der Waals surface area contributed by atoms with Crippen LogP contribution in [0.2, 0.25) is 0 Å². The van der Waals surface area contributed by atoms with Crippen LogP contribution < -0.4 is 5.32 Å². The van der Waals surface area contributed by atoms with Crippen LogP contribution in [0.3, 0.4) is 0 Å². The lowest BCUT2D eigenvalue weighted by atomic mass is 10.1. The number of allylic oxidation sites excluding steroid dienone is 1. The molecule has 2 amide bonds. The Morgan fingerprint density at radius 3 is 2.89 bits per heavy atom. The number of carbonyl (C=O) groups is 2. The van der Waals surface area contributed by atoms with E-state index in [4.69, 9.17) is 0 Å². The van der Waals surface area contributed by atoms with E-state index in [1.54, 1.807) is 36.5 Å². The van der Waals surface area contributed by atoms with Gasteiger partial charge >= 0.3 is 0 Å². The molecule has 2 aliphatic rings. The van der Waals surface area contributed by atoms with Crippen molar-refractivity contribution < 1.29 is 9.59 Å². The van der Waals surface area contributed by atoms with Gasteiger partial charge in [-0.2, -0.15) is 0 Å². The van der Waals surface area contributed by atoms with Crippen LogP contribution in [-0.2, 0) is 4.79 Å². The van der Waals surface area contributed by atoms with Gasteiger partial charge in [0.1, 0.15) is 6.04 Å². The first kappa shape index (κ1) is 10.8. The predicted molar refractivity (Wildman–Crippen MR) is 67.9 cm³/mol. The highest BCUT2D eigenvalue weighted by atomic mass is 16.2. The van der Waals surface area contributed by atoms with E-state index < -0.39 is 6.04 Å². The molecule has 1 atom stereocenters. The predicted octanol–water partition coefficient (Wildman–Crippen LogP) is 1.92. The molecule has 1 aromatic rings. The lowest BCUT2D eigenvalue weighted by Gasteiger charge is -2.18. The maximum Gasteiger partial charge on any atom is 0.260 e. The summed E-state index contributed by atoms with van der Waals surface area (Å²) >= 11 is 0. The molecule has 4 nitrogen and oxygen atoms in total. The smallest absolute Gasteiger partial charge is 0.260 e. The van der Waals surface area contributed by atoms with Gasteiger partial charge in [0.25, 0.3) is 5.91 Å². The lowest BCUT2D eigenvalue weighted by molar-refractivity contribution is -0.119. The van der Waals surface area contributed by atoms with Gasteiger partial charge < -0.3 is 10.2 Å². The van der Waals surface area contributed by atoms with Crippen molar-refractivity contribution in [3.8, 4) is 0 Å². The molecular weight excluding hydrogens is 228 g/mol. The Bertz CT molecular complexity index is 589. The first-order valence-electron chi connectivity index (χ1n) is 5.76. The maximum absolute atomic E-state index is 12.4. The Labute approximate surface area is 105 Å². The number of rotatable bonds is 1. The number of hydrogen-bond acceptors (Lipinski definition) is 2. The number of nitrogens with one attached hydrogen (secondary N) is 1. The third kappa shape index (κ3) is 1.46. The van der Waals surface area contributed by atoms with Gasteiger partial charge in [0.05, 0.1) is 11.3 Å². The molecule has 0 fully saturated rings. The third-order valence-electron chi connectivity index (χ3n) is 3.28. The number of benzene rings is 1. The molecular formula is C14H12N2O2. The van der Waals surface area contributed by atoms with Gasteiger partial charge in [-0.3, -0.25) is 9.59 Å². The van der Waals surface area contributed by atoms with E-state index in [0.717, 1.165) is 5.57 Å². The van der Waals surface area contributed by atoms with E-state index in [1.165, 1.54) is 4.90 Å². The van der Waals surface area contributed by atoms with Crippen LogP contribution in [0, 0.1) is 0 Å². The van der Waals surface area contributed by atoms with Crippen molar-refractivity contribution in [1.82, 2.24) is 4.90 Å². The summed E-state index contributed by atoms with van der Waals surface area (Å²) < 4.78 is 0. The van der Waals surface area contributed by atoms with Crippen LogP contribution in [0.4, 0.5) is 5.69 Å². The van der Waals surface area contributed by atoms with Crippen LogP contribution >= 0.6 is 0 Å². The summed E-state index contributed by atoms with van der Waals surface area (Å²) in [4.78, 5) is 26.0. The van der Waals surface area contributed by atoms with E-state index in [2.05, 4.69) is 11.9 Å². The summed E-state index contributed by atoms with van der Waals surface area (Å²) in [5.41, 5.74) is 2.01. The van der Waals surface area contributed by atoms with Crippen LogP contribution in [0.1, 0.15) is 16.8 Å². The average Bonchev–Trinajstić information content (AvgIpc) is 2.79. The third-order valence-corrected chi connectivity index (χ3v) is 3.28. The molecule has 0 radical (unpaired) electrons. The zero-order valence-corrected chi connectivity index (χ0v) is 9.72. The lowest BCUT2D eigenvalue weighted by Crippen LogP contribution is -2.38. The quantitative estimate of drug-likeness (QED) is 0.815. The molecule has 4 heteroatoms. The minimum atomic E-state index is -0.460. The van der Waals surface area contributed by atoms with Crippen LogP contribution in [0.15, 0.2) is 48.7 Å². The molecule has 0 saturated heterocycles. The van der Waals surface area contributed by atoms with Crippen molar-refractivity contribution in [2.45, 2.75) is 12.5 Å². The maximum atomic E-state index is 12.4. The number of nitrogens with zero attached hydrogens (tertiary/aromatic N) is 1. The highest BCUT2D eigenvalue weighted by Crippen LogP contribution is 2.30. The topological polar surface area (TPSA) is 49.4 Å². The van der Waals surface area contributed by atoms with Crippen molar-refractivity contribution in [3.05, 3.63) is 54.3 Å². The number of carbonyl (C=O) groups excluding carboxylic acids is 2. The fourth-order valence-corrected chi connectivity index (χ4v) is 2.33. The fraction of sp³-hybridized carbons (Fsp3) is 0.143. The van der Waals surface area contributed by atoms with Gasteiger partial charge in [0, 0.05) is 12.6 Å². The first-order chi connectivity index (χ1) is 8.70. The minimum Gasteiger partial charge on any atom is -0.324 e. The second-order valence-corrected chi connectivity index (χ2v) is 4.38. The van der Waals surface area contributed by atoms with E-state index in [-0.39, 0.29) is 11.8 Å². The number of hydrogen-bond donors (Lipinski definition) is 1. The van der Waals surface area contributed by atoms with Gasteiger partial charge in [-0.15, -0.1) is 0 Å². The monoisotopic (exact) mass is 240 g/mol. The van der Waals surface area contributed by atoms with Gasteiger partial charge in [-0.05, 0) is 17.7 Å². The van der Waals surface area contributed by atoms with Gasteiger partial charge in [0.2, 0.25) is 5.91 Å². The van der Waals surface area contributed by atoms with Gasteiger partial charge in [-0.1, -0.05) is 24.8 Å².